The van der Waals surface area contributed by atoms with Crippen molar-refractivity contribution in [2.75, 3.05) is 18.9 Å². The second-order valence-electron chi connectivity index (χ2n) is 4.97. The Hall–Kier alpha value is -1.36. The van der Waals surface area contributed by atoms with Gasteiger partial charge in [-0.05, 0) is 18.9 Å². The van der Waals surface area contributed by atoms with E-state index in [1.807, 2.05) is 45.0 Å². The number of carbonyl (C=O) groups is 1. The summed E-state index contributed by atoms with van der Waals surface area (Å²) in [5.74, 6) is 1.35. The largest absolute Gasteiger partial charge is 0.494 e. The minimum absolute atomic E-state index is 0.0349. The van der Waals surface area contributed by atoms with E-state index in [1.54, 1.807) is 0 Å². The SMILES string of the molecule is CCOc1ccccc1CS(=O)CC(=O)NCC(C)C. The molecule has 1 amide bonds. The van der Waals surface area contributed by atoms with Crippen LogP contribution < -0.4 is 10.1 Å². The van der Waals surface area contributed by atoms with Gasteiger partial charge in [0.1, 0.15) is 11.5 Å². The van der Waals surface area contributed by atoms with Crippen LogP contribution in [0.4, 0.5) is 0 Å². The fourth-order valence-electron chi connectivity index (χ4n) is 1.66. The van der Waals surface area contributed by atoms with E-state index in [1.165, 1.54) is 0 Å². The molecular weight excluding hydrogens is 274 g/mol. The topological polar surface area (TPSA) is 55.4 Å². The Morgan fingerprint density at radius 3 is 2.70 bits per heavy atom. The van der Waals surface area contributed by atoms with Crippen LogP contribution in [0.1, 0.15) is 26.3 Å². The van der Waals surface area contributed by atoms with E-state index in [4.69, 9.17) is 4.74 Å². The van der Waals surface area contributed by atoms with Gasteiger partial charge in [0.15, 0.2) is 0 Å². The zero-order chi connectivity index (χ0) is 15.0. The number of hydrogen-bond donors (Lipinski definition) is 1. The number of para-hydroxylation sites is 1. The summed E-state index contributed by atoms with van der Waals surface area (Å²) in [6.07, 6.45) is 0. The first-order valence-corrected chi connectivity index (χ1v) is 8.34. The van der Waals surface area contributed by atoms with Gasteiger partial charge in [0, 0.05) is 22.9 Å². The standard InChI is InChI=1S/C15H23NO3S/c1-4-19-14-8-6-5-7-13(14)10-20(18)11-15(17)16-9-12(2)3/h5-8,12H,4,9-11H2,1-3H3,(H,16,17). The third-order valence-electron chi connectivity index (χ3n) is 2.59. The monoisotopic (exact) mass is 297 g/mol. The minimum Gasteiger partial charge on any atom is -0.494 e. The zero-order valence-corrected chi connectivity index (χ0v) is 13.2. The Kier molecular flexibility index (Phi) is 7.30. The number of benzene rings is 1. The molecule has 0 bridgehead atoms. The molecule has 1 atom stereocenters. The second kappa shape index (κ2) is 8.74. The van der Waals surface area contributed by atoms with E-state index in [2.05, 4.69) is 5.32 Å². The molecular formula is C15H23NO3S. The highest BCUT2D eigenvalue weighted by Gasteiger charge is 2.11. The van der Waals surface area contributed by atoms with Crippen molar-refractivity contribution in [3.8, 4) is 5.75 Å². The Bertz CT molecular complexity index is 460. The van der Waals surface area contributed by atoms with Gasteiger partial charge < -0.3 is 10.1 Å². The molecule has 1 unspecified atom stereocenters. The Morgan fingerprint density at radius 2 is 2.05 bits per heavy atom. The van der Waals surface area contributed by atoms with Crippen LogP contribution in [0.15, 0.2) is 24.3 Å². The van der Waals surface area contributed by atoms with Crippen LogP contribution in [0.3, 0.4) is 0 Å². The highest BCUT2D eigenvalue weighted by atomic mass is 32.2. The summed E-state index contributed by atoms with van der Waals surface area (Å²) in [5, 5.41) is 2.78. The zero-order valence-electron chi connectivity index (χ0n) is 12.3. The summed E-state index contributed by atoms with van der Waals surface area (Å²) in [6, 6.07) is 7.50. The van der Waals surface area contributed by atoms with Crippen molar-refractivity contribution in [1.29, 1.82) is 0 Å². The lowest BCUT2D eigenvalue weighted by molar-refractivity contribution is -0.118. The third kappa shape index (κ3) is 6.19. The molecule has 0 saturated heterocycles. The minimum atomic E-state index is -1.22. The van der Waals surface area contributed by atoms with E-state index < -0.39 is 10.8 Å². The third-order valence-corrected chi connectivity index (χ3v) is 3.81. The Balaban J connectivity index is 2.52. The van der Waals surface area contributed by atoms with Gasteiger partial charge in [-0.3, -0.25) is 9.00 Å². The van der Waals surface area contributed by atoms with Crippen molar-refractivity contribution in [1.82, 2.24) is 5.32 Å². The van der Waals surface area contributed by atoms with E-state index >= 15 is 0 Å². The number of ether oxygens (including phenoxy) is 1. The summed E-state index contributed by atoms with van der Waals surface area (Å²) in [4.78, 5) is 11.6. The molecule has 1 N–H and O–H groups in total. The molecule has 0 aliphatic heterocycles. The lowest BCUT2D eigenvalue weighted by Crippen LogP contribution is -2.31. The highest BCUT2D eigenvalue weighted by molar-refractivity contribution is 7.84. The summed E-state index contributed by atoms with van der Waals surface area (Å²) >= 11 is 0. The number of carbonyl (C=O) groups excluding carboxylic acids is 1. The molecule has 112 valence electrons. The molecule has 0 aliphatic rings. The van der Waals surface area contributed by atoms with Gasteiger partial charge in [-0.15, -0.1) is 0 Å². The van der Waals surface area contributed by atoms with Gasteiger partial charge in [-0.25, -0.2) is 0 Å². The average molecular weight is 297 g/mol. The predicted molar refractivity (Wildman–Crippen MR) is 82.2 cm³/mol. The van der Waals surface area contributed by atoms with Crippen LogP contribution in [-0.2, 0) is 21.3 Å². The first kappa shape index (κ1) is 16.7. The van der Waals surface area contributed by atoms with Crippen LogP contribution in [0.5, 0.6) is 5.75 Å². The fraction of sp³-hybridized carbons (Fsp3) is 0.533. The van der Waals surface area contributed by atoms with Gasteiger partial charge in [0.05, 0.1) is 12.4 Å². The number of rotatable bonds is 8. The smallest absolute Gasteiger partial charge is 0.232 e. The van der Waals surface area contributed by atoms with Gasteiger partial charge in [0.2, 0.25) is 5.91 Å². The molecule has 1 aromatic carbocycles. The molecule has 1 aromatic rings. The summed E-state index contributed by atoms with van der Waals surface area (Å²) in [6.45, 7) is 7.14. The van der Waals surface area contributed by atoms with Crippen LogP contribution in [0.2, 0.25) is 0 Å². The van der Waals surface area contributed by atoms with E-state index in [0.717, 1.165) is 11.3 Å². The maximum Gasteiger partial charge on any atom is 0.232 e. The van der Waals surface area contributed by atoms with Crippen LogP contribution in [-0.4, -0.2) is 29.0 Å². The molecule has 0 radical (unpaired) electrons. The van der Waals surface area contributed by atoms with Gasteiger partial charge in [0.25, 0.3) is 0 Å². The summed E-state index contributed by atoms with van der Waals surface area (Å²) < 4.78 is 17.5. The normalized spacial score (nSPS) is 12.2. The van der Waals surface area contributed by atoms with E-state index in [0.29, 0.717) is 24.8 Å². The Labute approximate surface area is 123 Å². The molecule has 0 aliphatic carbocycles. The van der Waals surface area contributed by atoms with Crippen LogP contribution in [0.25, 0.3) is 0 Å². The van der Waals surface area contributed by atoms with Crippen LogP contribution >= 0.6 is 0 Å². The highest BCUT2D eigenvalue weighted by Crippen LogP contribution is 2.19. The molecule has 0 heterocycles. The molecule has 0 aromatic heterocycles. The molecule has 0 saturated carbocycles. The molecule has 5 heteroatoms. The number of amides is 1. The van der Waals surface area contributed by atoms with Crippen molar-refractivity contribution >= 4 is 16.7 Å². The van der Waals surface area contributed by atoms with Crippen LogP contribution in [0, 0.1) is 5.92 Å². The van der Waals surface area contributed by atoms with E-state index in [9.17, 15) is 9.00 Å². The van der Waals surface area contributed by atoms with Gasteiger partial charge >= 0.3 is 0 Å². The van der Waals surface area contributed by atoms with Crippen molar-refractivity contribution in [2.24, 2.45) is 5.92 Å². The summed E-state index contributed by atoms with van der Waals surface area (Å²) in [5.41, 5.74) is 0.879. The first-order valence-electron chi connectivity index (χ1n) is 6.85. The molecule has 0 fully saturated rings. The van der Waals surface area contributed by atoms with Crippen molar-refractivity contribution < 1.29 is 13.7 Å². The lowest BCUT2D eigenvalue weighted by Gasteiger charge is -2.10. The van der Waals surface area contributed by atoms with Crippen molar-refractivity contribution in [3.05, 3.63) is 29.8 Å². The van der Waals surface area contributed by atoms with Gasteiger partial charge in [-0.2, -0.15) is 0 Å². The first-order chi connectivity index (χ1) is 9.52. The molecule has 0 spiro atoms. The number of nitrogens with one attached hydrogen (secondary N) is 1. The quantitative estimate of drug-likeness (QED) is 0.799. The molecule has 1 rings (SSSR count). The maximum atomic E-state index is 12.0. The van der Waals surface area contributed by atoms with E-state index in [-0.39, 0.29) is 11.7 Å². The molecule has 20 heavy (non-hydrogen) atoms. The maximum absolute atomic E-state index is 12.0. The lowest BCUT2D eigenvalue weighted by atomic mass is 10.2. The molecule has 4 nitrogen and oxygen atoms in total. The van der Waals surface area contributed by atoms with Gasteiger partial charge in [-0.1, -0.05) is 32.0 Å². The second-order valence-corrected chi connectivity index (χ2v) is 6.42. The average Bonchev–Trinajstić information content (AvgIpc) is 2.39. The summed E-state index contributed by atoms with van der Waals surface area (Å²) in [7, 11) is -1.22. The fourth-order valence-corrected chi connectivity index (χ4v) is 2.74. The predicted octanol–water partition coefficient (Wildman–Crippen LogP) is 2.11. The van der Waals surface area contributed by atoms with Crippen molar-refractivity contribution in [3.63, 3.8) is 0 Å². The van der Waals surface area contributed by atoms with Crippen molar-refractivity contribution in [2.45, 2.75) is 26.5 Å². The number of hydrogen-bond acceptors (Lipinski definition) is 3. The Morgan fingerprint density at radius 1 is 1.35 bits per heavy atom.